The van der Waals surface area contributed by atoms with E-state index in [2.05, 4.69) is 5.10 Å². The van der Waals surface area contributed by atoms with Crippen molar-refractivity contribution in [1.29, 1.82) is 0 Å². The molecule has 6 nitrogen and oxygen atoms in total. The maximum absolute atomic E-state index is 11.7. The molecule has 1 fully saturated rings. The zero-order valence-electron chi connectivity index (χ0n) is 9.46. The predicted molar refractivity (Wildman–Crippen MR) is 59.4 cm³/mol. The lowest BCUT2D eigenvalue weighted by Gasteiger charge is -2.32. The Hall–Kier alpha value is -1.56. The molecule has 0 bridgehead atoms. The summed E-state index contributed by atoms with van der Waals surface area (Å²) < 4.78 is 1.77. The molecule has 1 aliphatic rings. The van der Waals surface area contributed by atoms with Crippen molar-refractivity contribution in [2.24, 2.45) is 12.9 Å². The van der Waals surface area contributed by atoms with Gasteiger partial charge in [0.1, 0.15) is 0 Å². The normalized spacial score (nSPS) is 17.0. The number of nitrogens with zero attached hydrogens (tertiary/aromatic N) is 4. The highest BCUT2D eigenvalue weighted by molar-refractivity contribution is 5.74. The number of urea groups is 1. The Labute approximate surface area is 94.6 Å². The number of hydrogen-bond donors (Lipinski definition) is 1. The number of carbonyl (C=O) groups is 1. The van der Waals surface area contributed by atoms with Crippen LogP contribution in [0.4, 0.5) is 4.79 Å². The van der Waals surface area contributed by atoms with Crippen LogP contribution in [0.3, 0.4) is 0 Å². The lowest BCUT2D eigenvalue weighted by Crippen LogP contribution is -2.52. The molecule has 6 heteroatoms. The molecule has 2 heterocycles. The third-order valence-electron chi connectivity index (χ3n) is 2.77. The molecule has 1 aromatic rings. The first-order valence-electron chi connectivity index (χ1n) is 5.45. The van der Waals surface area contributed by atoms with Gasteiger partial charge < -0.3 is 4.90 Å². The van der Waals surface area contributed by atoms with Gasteiger partial charge in [0.15, 0.2) is 0 Å². The van der Waals surface area contributed by atoms with Gasteiger partial charge in [-0.1, -0.05) is 0 Å². The van der Waals surface area contributed by atoms with Crippen molar-refractivity contribution in [2.45, 2.75) is 12.8 Å². The second kappa shape index (κ2) is 4.52. The number of hydrazine groups is 1. The number of hydrogen-bond acceptors (Lipinski definition) is 3. The summed E-state index contributed by atoms with van der Waals surface area (Å²) in [6.07, 6.45) is 5.56. The molecule has 1 aromatic heterocycles. The van der Waals surface area contributed by atoms with E-state index in [9.17, 15) is 4.79 Å². The van der Waals surface area contributed by atoms with Gasteiger partial charge in [-0.3, -0.25) is 9.69 Å². The van der Waals surface area contributed by atoms with E-state index in [0.29, 0.717) is 13.1 Å². The van der Waals surface area contributed by atoms with E-state index in [1.165, 1.54) is 5.01 Å². The van der Waals surface area contributed by atoms with Gasteiger partial charge in [-0.2, -0.15) is 5.10 Å². The Balaban J connectivity index is 1.87. The molecule has 88 valence electrons. The summed E-state index contributed by atoms with van der Waals surface area (Å²) in [5.74, 6) is 5.57. The van der Waals surface area contributed by atoms with Gasteiger partial charge in [0.2, 0.25) is 0 Å². The van der Waals surface area contributed by atoms with Crippen LogP contribution < -0.4 is 5.84 Å². The Morgan fingerprint density at radius 2 is 2.31 bits per heavy atom. The van der Waals surface area contributed by atoms with Crippen molar-refractivity contribution in [3.63, 3.8) is 0 Å². The fourth-order valence-electron chi connectivity index (χ4n) is 1.88. The van der Waals surface area contributed by atoms with Gasteiger partial charge in [-0.05, 0) is 18.4 Å². The van der Waals surface area contributed by atoms with Crippen molar-refractivity contribution < 1.29 is 4.79 Å². The van der Waals surface area contributed by atoms with Crippen molar-refractivity contribution in [1.82, 2.24) is 19.7 Å². The lowest BCUT2D eigenvalue weighted by molar-refractivity contribution is 0.131. The molecule has 0 saturated carbocycles. The minimum atomic E-state index is -0.0739. The number of aryl methyl sites for hydroxylation is 1. The largest absolute Gasteiger partial charge is 0.334 e. The highest BCUT2D eigenvalue weighted by atomic mass is 16.2. The number of carbonyl (C=O) groups excluding carboxylic acids is 1. The van der Waals surface area contributed by atoms with Crippen LogP contribution in [-0.4, -0.2) is 45.4 Å². The smallest absolute Gasteiger partial charge is 0.323 e. The first-order valence-corrected chi connectivity index (χ1v) is 5.45. The number of aromatic nitrogens is 2. The quantitative estimate of drug-likeness (QED) is 0.577. The van der Waals surface area contributed by atoms with Crippen molar-refractivity contribution in [3.05, 3.63) is 18.0 Å². The predicted octanol–water partition coefficient (Wildman–Crippen LogP) is -0.0360. The van der Waals surface area contributed by atoms with Crippen molar-refractivity contribution in [3.8, 4) is 0 Å². The summed E-state index contributed by atoms with van der Waals surface area (Å²) in [5, 5.41) is 5.38. The molecule has 0 spiro atoms. The lowest BCUT2D eigenvalue weighted by atomic mass is 10.2. The first kappa shape index (κ1) is 10.9. The second-order valence-corrected chi connectivity index (χ2v) is 4.09. The molecule has 1 aliphatic heterocycles. The van der Waals surface area contributed by atoms with E-state index in [1.807, 2.05) is 19.4 Å². The molecule has 0 aromatic carbocycles. The minimum Gasteiger partial charge on any atom is -0.323 e. The third kappa shape index (κ3) is 2.33. The van der Waals surface area contributed by atoms with Crippen LogP contribution >= 0.6 is 0 Å². The Bertz CT molecular complexity index is 375. The van der Waals surface area contributed by atoms with E-state index in [1.54, 1.807) is 9.58 Å². The van der Waals surface area contributed by atoms with E-state index in [0.717, 1.165) is 24.9 Å². The number of amides is 2. The highest BCUT2D eigenvalue weighted by Gasteiger charge is 2.22. The van der Waals surface area contributed by atoms with Crippen LogP contribution in [-0.2, 0) is 13.5 Å². The fraction of sp³-hybridized carbons (Fsp3) is 0.600. The van der Waals surface area contributed by atoms with Gasteiger partial charge in [0.25, 0.3) is 0 Å². The van der Waals surface area contributed by atoms with E-state index in [-0.39, 0.29) is 6.03 Å². The Kier molecular flexibility index (Phi) is 3.09. The summed E-state index contributed by atoms with van der Waals surface area (Å²) in [6.45, 7) is 2.16. The molecular formula is C10H17N5O. The average Bonchev–Trinajstić information content (AvgIpc) is 2.67. The van der Waals surface area contributed by atoms with Gasteiger partial charge in [-0.25, -0.2) is 10.6 Å². The van der Waals surface area contributed by atoms with Gasteiger partial charge in [0.05, 0.1) is 6.20 Å². The molecule has 0 unspecified atom stereocenters. The fourth-order valence-corrected chi connectivity index (χ4v) is 1.88. The number of rotatable bonds is 3. The molecule has 2 rings (SSSR count). The van der Waals surface area contributed by atoms with E-state index < -0.39 is 0 Å². The van der Waals surface area contributed by atoms with E-state index in [4.69, 9.17) is 5.84 Å². The summed E-state index contributed by atoms with van der Waals surface area (Å²) in [4.78, 5) is 13.4. The molecule has 1 saturated heterocycles. The summed E-state index contributed by atoms with van der Waals surface area (Å²) in [6, 6.07) is -0.0739. The summed E-state index contributed by atoms with van der Waals surface area (Å²) in [5.41, 5.74) is 1.14. The van der Waals surface area contributed by atoms with Gasteiger partial charge in [0, 0.05) is 32.9 Å². The van der Waals surface area contributed by atoms with Crippen LogP contribution in [0, 0.1) is 0 Å². The molecule has 2 amide bonds. The average molecular weight is 223 g/mol. The summed E-state index contributed by atoms with van der Waals surface area (Å²) in [7, 11) is 1.89. The molecule has 0 aliphatic carbocycles. The van der Waals surface area contributed by atoms with Crippen molar-refractivity contribution in [2.75, 3.05) is 19.6 Å². The molecule has 0 radical (unpaired) electrons. The Morgan fingerprint density at radius 1 is 1.50 bits per heavy atom. The van der Waals surface area contributed by atoms with Gasteiger partial charge in [-0.15, -0.1) is 0 Å². The maximum Gasteiger partial charge on any atom is 0.334 e. The molecule has 16 heavy (non-hydrogen) atoms. The molecule has 0 atom stereocenters. The van der Waals surface area contributed by atoms with E-state index >= 15 is 0 Å². The Morgan fingerprint density at radius 3 is 3.00 bits per heavy atom. The van der Waals surface area contributed by atoms with Crippen LogP contribution in [0.15, 0.2) is 12.4 Å². The van der Waals surface area contributed by atoms with Crippen LogP contribution in [0.1, 0.15) is 12.0 Å². The monoisotopic (exact) mass is 223 g/mol. The first-order chi connectivity index (χ1) is 7.66. The third-order valence-corrected chi connectivity index (χ3v) is 2.77. The number of nitrogens with two attached hydrogens (primary N) is 1. The van der Waals surface area contributed by atoms with Crippen molar-refractivity contribution >= 4 is 6.03 Å². The minimum absolute atomic E-state index is 0.0739. The zero-order valence-corrected chi connectivity index (χ0v) is 9.46. The maximum atomic E-state index is 11.7. The SMILES string of the molecule is Cn1cc(CCN2CCCN(N)C2=O)cn1. The van der Waals surface area contributed by atoms with Crippen LogP contribution in [0.2, 0.25) is 0 Å². The van der Waals surface area contributed by atoms with Crippen LogP contribution in [0.5, 0.6) is 0 Å². The van der Waals surface area contributed by atoms with Crippen LogP contribution in [0.25, 0.3) is 0 Å². The molecule has 2 N–H and O–H groups in total. The van der Waals surface area contributed by atoms with Gasteiger partial charge >= 0.3 is 6.03 Å². The molecular weight excluding hydrogens is 206 g/mol. The topological polar surface area (TPSA) is 67.4 Å². The second-order valence-electron chi connectivity index (χ2n) is 4.09. The zero-order chi connectivity index (χ0) is 11.5. The summed E-state index contributed by atoms with van der Waals surface area (Å²) >= 11 is 0. The highest BCUT2D eigenvalue weighted by Crippen LogP contribution is 2.07. The standard InChI is InChI=1S/C10H17N5O/c1-13-8-9(7-12-13)3-6-14-4-2-5-15(11)10(14)16/h7-8H,2-6,11H2,1H3.